The standard InChI is InChI=1S/C20H19FN6O4S/c1-26(11-13-5-3-2-4-6-13)17-7-8-22-20(24-17)23-14-9-15(21)19(16(28)10-14)27-12-18(29)25-32(27,30)31/h2-10,28H,11-12H2,1H3,(H,25,29)(H,22,23,24). The lowest BCUT2D eigenvalue weighted by Crippen LogP contribution is -2.30. The minimum absolute atomic E-state index is 0.0995. The summed E-state index contributed by atoms with van der Waals surface area (Å²) >= 11 is 0. The van der Waals surface area contributed by atoms with E-state index >= 15 is 0 Å². The Morgan fingerprint density at radius 1 is 1.25 bits per heavy atom. The number of phenols is 1. The van der Waals surface area contributed by atoms with Crippen molar-refractivity contribution in [2.45, 2.75) is 6.54 Å². The molecule has 3 N–H and O–H groups in total. The molecule has 1 fully saturated rings. The van der Waals surface area contributed by atoms with Gasteiger partial charge in [0.15, 0.2) is 5.82 Å². The van der Waals surface area contributed by atoms with Gasteiger partial charge in [0.05, 0.1) is 0 Å². The maximum atomic E-state index is 14.7. The zero-order valence-electron chi connectivity index (χ0n) is 16.9. The summed E-state index contributed by atoms with van der Waals surface area (Å²) in [6.07, 6.45) is 1.53. The summed E-state index contributed by atoms with van der Waals surface area (Å²) in [6.45, 7) is -0.0169. The number of aromatic nitrogens is 2. The van der Waals surface area contributed by atoms with E-state index in [-0.39, 0.29) is 11.6 Å². The molecule has 0 radical (unpaired) electrons. The van der Waals surface area contributed by atoms with E-state index in [1.807, 2.05) is 42.3 Å². The van der Waals surface area contributed by atoms with Gasteiger partial charge in [0.2, 0.25) is 5.95 Å². The monoisotopic (exact) mass is 458 g/mol. The molecule has 10 nitrogen and oxygen atoms in total. The molecule has 1 aliphatic rings. The third kappa shape index (κ3) is 4.39. The fraction of sp³-hybridized carbons (Fsp3) is 0.150. The molecule has 0 saturated carbocycles. The first kappa shape index (κ1) is 21.3. The molecule has 4 rings (SSSR count). The van der Waals surface area contributed by atoms with Crippen LogP contribution in [0.15, 0.2) is 54.7 Å². The Morgan fingerprint density at radius 3 is 2.66 bits per heavy atom. The molecule has 3 aromatic rings. The number of carbonyl (C=O) groups is 1. The Hall–Kier alpha value is -3.93. The van der Waals surface area contributed by atoms with E-state index in [2.05, 4.69) is 15.3 Å². The summed E-state index contributed by atoms with van der Waals surface area (Å²) in [4.78, 5) is 21.8. The summed E-state index contributed by atoms with van der Waals surface area (Å²) < 4.78 is 40.8. The van der Waals surface area contributed by atoms with Gasteiger partial charge < -0.3 is 15.3 Å². The number of amides is 1. The van der Waals surface area contributed by atoms with E-state index in [1.54, 1.807) is 10.8 Å². The predicted molar refractivity (Wildman–Crippen MR) is 116 cm³/mol. The van der Waals surface area contributed by atoms with Crippen molar-refractivity contribution in [3.63, 3.8) is 0 Å². The smallest absolute Gasteiger partial charge is 0.326 e. The van der Waals surface area contributed by atoms with Gasteiger partial charge in [0, 0.05) is 31.5 Å². The molecule has 0 unspecified atom stereocenters. The maximum absolute atomic E-state index is 14.7. The molecule has 1 aliphatic heterocycles. The molecule has 2 aromatic carbocycles. The molecule has 12 heteroatoms. The lowest BCUT2D eigenvalue weighted by molar-refractivity contribution is -0.117. The van der Waals surface area contributed by atoms with Crippen molar-refractivity contribution in [2.24, 2.45) is 0 Å². The van der Waals surface area contributed by atoms with Crippen molar-refractivity contribution in [1.29, 1.82) is 0 Å². The lowest BCUT2D eigenvalue weighted by atomic mass is 10.2. The van der Waals surface area contributed by atoms with Gasteiger partial charge in [-0.25, -0.2) is 18.4 Å². The Morgan fingerprint density at radius 2 is 2.00 bits per heavy atom. The van der Waals surface area contributed by atoms with Crippen LogP contribution in [0.5, 0.6) is 5.75 Å². The molecule has 1 amide bonds. The number of phenolic OH excluding ortho intramolecular Hbond substituents is 1. The summed E-state index contributed by atoms with van der Waals surface area (Å²) in [5, 5.41) is 13.1. The van der Waals surface area contributed by atoms with Gasteiger partial charge in [-0.3, -0.25) is 4.79 Å². The van der Waals surface area contributed by atoms with E-state index in [9.17, 15) is 22.7 Å². The summed E-state index contributed by atoms with van der Waals surface area (Å²) in [7, 11) is -2.40. The van der Waals surface area contributed by atoms with E-state index in [4.69, 9.17) is 0 Å². The SMILES string of the molecule is CN(Cc1ccccc1)c1ccnc(Nc2cc(O)c(N3CC(=O)NS3(=O)=O)c(F)c2)n1. The maximum Gasteiger partial charge on any atom is 0.326 e. The number of rotatable bonds is 6. The second kappa shape index (κ2) is 8.30. The van der Waals surface area contributed by atoms with Gasteiger partial charge in [-0.1, -0.05) is 30.3 Å². The second-order valence-electron chi connectivity index (χ2n) is 7.07. The minimum atomic E-state index is -4.26. The van der Waals surface area contributed by atoms with Gasteiger partial charge in [-0.05, 0) is 17.7 Å². The van der Waals surface area contributed by atoms with Crippen LogP contribution >= 0.6 is 0 Å². The summed E-state index contributed by atoms with van der Waals surface area (Å²) in [5.41, 5.74) is 0.573. The minimum Gasteiger partial charge on any atom is -0.506 e. The third-order valence-corrected chi connectivity index (χ3v) is 6.04. The number of anilines is 4. The van der Waals surface area contributed by atoms with Crippen molar-refractivity contribution in [3.05, 3.63) is 66.1 Å². The van der Waals surface area contributed by atoms with Crippen LogP contribution in [-0.2, 0) is 21.5 Å². The zero-order valence-corrected chi connectivity index (χ0v) is 17.7. The highest BCUT2D eigenvalue weighted by Crippen LogP contribution is 2.36. The van der Waals surface area contributed by atoms with E-state index < -0.39 is 39.9 Å². The van der Waals surface area contributed by atoms with Crippen LogP contribution in [-0.4, -0.2) is 43.0 Å². The van der Waals surface area contributed by atoms with Crippen molar-refractivity contribution < 1.29 is 22.7 Å². The first-order valence-electron chi connectivity index (χ1n) is 9.44. The first-order valence-corrected chi connectivity index (χ1v) is 10.9. The quantitative estimate of drug-likeness (QED) is 0.511. The van der Waals surface area contributed by atoms with Crippen molar-refractivity contribution >= 4 is 39.3 Å². The molecule has 1 saturated heterocycles. The highest BCUT2D eigenvalue weighted by atomic mass is 32.2. The largest absolute Gasteiger partial charge is 0.506 e. The highest BCUT2D eigenvalue weighted by molar-refractivity contribution is 7.92. The number of hydrogen-bond donors (Lipinski definition) is 3. The Balaban J connectivity index is 1.55. The predicted octanol–water partition coefficient (Wildman–Crippen LogP) is 1.88. The number of nitrogens with one attached hydrogen (secondary N) is 2. The molecule has 0 bridgehead atoms. The molecule has 0 atom stereocenters. The normalized spacial score (nSPS) is 14.8. The van der Waals surface area contributed by atoms with Gasteiger partial charge in [-0.15, -0.1) is 0 Å². The second-order valence-corrected chi connectivity index (χ2v) is 8.66. The molecule has 1 aromatic heterocycles. The average Bonchev–Trinajstić information content (AvgIpc) is 3.00. The fourth-order valence-electron chi connectivity index (χ4n) is 3.24. The first-order chi connectivity index (χ1) is 15.2. The van der Waals surface area contributed by atoms with E-state index in [0.29, 0.717) is 16.7 Å². The number of aromatic hydroxyl groups is 1. The number of nitrogens with zero attached hydrogens (tertiary/aromatic N) is 4. The lowest BCUT2D eigenvalue weighted by Gasteiger charge is -2.19. The van der Waals surface area contributed by atoms with E-state index in [0.717, 1.165) is 17.7 Å². The van der Waals surface area contributed by atoms with Crippen LogP contribution in [0.25, 0.3) is 0 Å². The molecule has 0 spiro atoms. The molecule has 2 heterocycles. The molecular weight excluding hydrogens is 439 g/mol. The average molecular weight is 458 g/mol. The van der Waals surface area contributed by atoms with Crippen LogP contribution in [0.3, 0.4) is 0 Å². The summed E-state index contributed by atoms with van der Waals surface area (Å²) in [5.74, 6) is -1.76. The number of benzene rings is 2. The van der Waals surface area contributed by atoms with Crippen LogP contribution in [0.2, 0.25) is 0 Å². The van der Waals surface area contributed by atoms with Crippen molar-refractivity contribution in [3.8, 4) is 5.75 Å². The van der Waals surface area contributed by atoms with Crippen LogP contribution in [0.1, 0.15) is 5.56 Å². The Bertz CT molecular complexity index is 1250. The van der Waals surface area contributed by atoms with Crippen LogP contribution in [0.4, 0.5) is 27.5 Å². The van der Waals surface area contributed by atoms with Crippen molar-refractivity contribution in [1.82, 2.24) is 14.7 Å². The van der Waals surface area contributed by atoms with Gasteiger partial charge in [0.1, 0.15) is 23.8 Å². The van der Waals surface area contributed by atoms with Gasteiger partial charge in [-0.2, -0.15) is 13.4 Å². The molecule has 0 aliphatic carbocycles. The molecule has 166 valence electrons. The van der Waals surface area contributed by atoms with Gasteiger partial charge in [0.25, 0.3) is 5.91 Å². The Kier molecular flexibility index (Phi) is 5.53. The third-order valence-electron chi connectivity index (χ3n) is 4.66. The van der Waals surface area contributed by atoms with Crippen LogP contribution < -0.4 is 19.2 Å². The Labute approximate surface area is 183 Å². The molecular formula is C20H19FN6O4S. The zero-order chi connectivity index (χ0) is 22.9. The number of halogens is 1. The number of carbonyl (C=O) groups excluding carboxylic acids is 1. The summed E-state index contributed by atoms with van der Waals surface area (Å²) in [6, 6.07) is 13.6. The topological polar surface area (TPSA) is 128 Å². The van der Waals surface area contributed by atoms with Crippen LogP contribution in [0, 0.1) is 5.82 Å². The fourth-order valence-corrected chi connectivity index (χ4v) is 4.41. The number of hydrogen-bond acceptors (Lipinski definition) is 8. The molecule has 32 heavy (non-hydrogen) atoms. The highest BCUT2D eigenvalue weighted by Gasteiger charge is 2.37. The van der Waals surface area contributed by atoms with Gasteiger partial charge >= 0.3 is 10.2 Å². The van der Waals surface area contributed by atoms with E-state index in [1.165, 1.54) is 6.20 Å². The van der Waals surface area contributed by atoms with Crippen molar-refractivity contribution in [2.75, 3.05) is 28.1 Å².